The third-order valence-electron chi connectivity index (χ3n) is 3.02. The third-order valence-corrected chi connectivity index (χ3v) is 4.27. The highest BCUT2D eigenvalue weighted by atomic mass is 32.1. The molecule has 0 fully saturated rings. The van der Waals surface area contributed by atoms with Crippen LogP contribution in [0.4, 0.5) is 0 Å². The van der Waals surface area contributed by atoms with Crippen molar-refractivity contribution in [2.75, 3.05) is 6.61 Å². The molecule has 0 aromatic carbocycles. The van der Waals surface area contributed by atoms with E-state index in [4.69, 9.17) is 4.74 Å². The van der Waals surface area contributed by atoms with E-state index in [0.29, 0.717) is 6.42 Å². The van der Waals surface area contributed by atoms with E-state index in [1.165, 1.54) is 16.9 Å². The minimum atomic E-state index is 0.225. The van der Waals surface area contributed by atoms with Gasteiger partial charge in [-0.1, -0.05) is 6.92 Å². The molecule has 0 saturated heterocycles. The molecule has 1 aliphatic carbocycles. The van der Waals surface area contributed by atoms with E-state index >= 15 is 0 Å². The first kappa shape index (κ1) is 11.8. The molecular formula is C13H18O2S. The number of ketones is 1. The van der Waals surface area contributed by atoms with Gasteiger partial charge in [0.05, 0.1) is 11.0 Å². The highest BCUT2D eigenvalue weighted by molar-refractivity contribution is 7.14. The van der Waals surface area contributed by atoms with Gasteiger partial charge < -0.3 is 4.74 Å². The summed E-state index contributed by atoms with van der Waals surface area (Å²) < 4.78 is 5.73. The molecule has 88 valence electrons. The quantitative estimate of drug-likeness (QED) is 0.747. The summed E-state index contributed by atoms with van der Waals surface area (Å²) in [7, 11) is 0. The van der Waals surface area contributed by atoms with Crippen LogP contribution in [0.1, 0.15) is 59.3 Å². The van der Waals surface area contributed by atoms with Gasteiger partial charge in [0.15, 0.2) is 5.78 Å². The second-order valence-electron chi connectivity index (χ2n) is 4.10. The van der Waals surface area contributed by atoms with Gasteiger partial charge in [-0.3, -0.25) is 4.79 Å². The van der Waals surface area contributed by atoms with Crippen molar-refractivity contribution in [2.24, 2.45) is 0 Å². The Hall–Kier alpha value is -0.670. The van der Waals surface area contributed by atoms with Crippen LogP contribution < -0.4 is 0 Å². The monoisotopic (exact) mass is 238 g/mol. The lowest BCUT2D eigenvalue weighted by atomic mass is 9.95. The van der Waals surface area contributed by atoms with Crippen LogP contribution >= 0.6 is 11.3 Å². The first-order chi connectivity index (χ1) is 7.76. The molecule has 0 aliphatic heterocycles. The summed E-state index contributed by atoms with van der Waals surface area (Å²) in [6, 6.07) is 2.06. The summed E-state index contributed by atoms with van der Waals surface area (Å²) in [6.45, 7) is 4.69. The minimum absolute atomic E-state index is 0.225. The number of Topliss-reactive ketones (excluding diaryl/α,β-unsaturated/α-hetero) is 1. The molecule has 1 aromatic heterocycles. The summed E-state index contributed by atoms with van der Waals surface area (Å²) in [5.74, 6) is 0.259. The van der Waals surface area contributed by atoms with Crippen LogP contribution in [0.25, 0.3) is 0 Å². The van der Waals surface area contributed by atoms with Gasteiger partial charge in [0, 0.05) is 17.9 Å². The van der Waals surface area contributed by atoms with Gasteiger partial charge in [0.2, 0.25) is 0 Å². The molecule has 16 heavy (non-hydrogen) atoms. The van der Waals surface area contributed by atoms with E-state index in [2.05, 4.69) is 6.07 Å². The van der Waals surface area contributed by atoms with E-state index in [9.17, 15) is 4.79 Å². The van der Waals surface area contributed by atoms with Gasteiger partial charge in [-0.15, -0.1) is 11.3 Å². The number of carbonyl (C=O) groups excluding carboxylic acids is 1. The fraction of sp³-hybridized carbons (Fsp3) is 0.615. The number of carbonyl (C=O) groups is 1. The molecule has 1 aromatic rings. The largest absolute Gasteiger partial charge is 0.374 e. The van der Waals surface area contributed by atoms with Crippen LogP contribution in [0.5, 0.6) is 0 Å². The van der Waals surface area contributed by atoms with Gasteiger partial charge in [-0.05, 0) is 37.8 Å². The Kier molecular flexibility index (Phi) is 3.77. The first-order valence-corrected chi connectivity index (χ1v) is 6.85. The lowest BCUT2D eigenvalue weighted by Crippen LogP contribution is -2.10. The topological polar surface area (TPSA) is 26.3 Å². The van der Waals surface area contributed by atoms with Gasteiger partial charge in [0.25, 0.3) is 0 Å². The van der Waals surface area contributed by atoms with E-state index in [0.717, 1.165) is 24.3 Å². The zero-order valence-corrected chi connectivity index (χ0v) is 10.7. The zero-order chi connectivity index (χ0) is 11.5. The second-order valence-corrected chi connectivity index (χ2v) is 5.24. The smallest absolute Gasteiger partial charge is 0.172 e. The number of hydrogen-bond acceptors (Lipinski definition) is 3. The van der Waals surface area contributed by atoms with Crippen LogP contribution in [-0.4, -0.2) is 12.4 Å². The molecule has 3 heteroatoms. The summed E-state index contributed by atoms with van der Waals surface area (Å²) in [5, 5.41) is 0. The summed E-state index contributed by atoms with van der Waals surface area (Å²) in [6.07, 6.45) is 4.21. The number of fused-ring (bicyclic) bond motifs is 1. The number of hydrogen-bond donors (Lipinski definition) is 0. The van der Waals surface area contributed by atoms with Crippen molar-refractivity contribution in [3.63, 3.8) is 0 Å². The highest BCUT2D eigenvalue weighted by Gasteiger charge is 2.24. The van der Waals surface area contributed by atoms with Crippen LogP contribution in [0, 0.1) is 0 Å². The summed E-state index contributed by atoms with van der Waals surface area (Å²) >= 11 is 1.67. The predicted octanol–water partition coefficient (Wildman–Crippen LogP) is 3.75. The maximum absolute atomic E-state index is 11.7. The highest BCUT2D eigenvalue weighted by Crippen LogP contribution is 2.38. The lowest BCUT2D eigenvalue weighted by molar-refractivity contribution is 0.0506. The van der Waals surface area contributed by atoms with Gasteiger partial charge >= 0.3 is 0 Å². The Bertz CT molecular complexity index is 381. The van der Waals surface area contributed by atoms with Gasteiger partial charge in [-0.2, -0.15) is 0 Å². The Morgan fingerprint density at radius 1 is 1.56 bits per heavy atom. The van der Waals surface area contributed by atoms with Crippen molar-refractivity contribution in [1.29, 1.82) is 0 Å². The molecule has 0 saturated carbocycles. The normalized spacial score (nSPS) is 19.5. The van der Waals surface area contributed by atoms with Crippen molar-refractivity contribution in [1.82, 2.24) is 0 Å². The molecule has 2 rings (SSSR count). The van der Waals surface area contributed by atoms with Crippen LogP contribution in [0.15, 0.2) is 6.07 Å². The van der Waals surface area contributed by atoms with E-state index in [1.54, 1.807) is 11.3 Å². The fourth-order valence-corrected chi connectivity index (χ4v) is 3.46. The number of thiophene rings is 1. The summed E-state index contributed by atoms with van der Waals surface area (Å²) in [4.78, 5) is 13.9. The number of rotatable bonds is 4. The zero-order valence-electron chi connectivity index (χ0n) is 9.91. The van der Waals surface area contributed by atoms with Crippen LogP contribution in [-0.2, 0) is 11.2 Å². The molecule has 0 N–H and O–H groups in total. The van der Waals surface area contributed by atoms with Crippen molar-refractivity contribution in [2.45, 2.75) is 45.6 Å². The molecule has 0 bridgehead atoms. The average Bonchev–Trinajstić information content (AvgIpc) is 2.73. The summed E-state index contributed by atoms with van der Waals surface area (Å²) in [5.41, 5.74) is 1.27. The number of ether oxygens (including phenoxy) is 1. The molecule has 1 atom stereocenters. The van der Waals surface area contributed by atoms with Crippen molar-refractivity contribution in [3.05, 3.63) is 21.4 Å². The lowest BCUT2D eigenvalue weighted by Gasteiger charge is -2.21. The average molecular weight is 238 g/mol. The Morgan fingerprint density at radius 3 is 3.06 bits per heavy atom. The van der Waals surface area contributed by atoms with Crippen LogP contribution in [0.3, 0.4) is 0 Å². The third kappa shape index (κ3) is 2.20. The van der Waals surface area contributed by atoms with Crippen molar-refractivity contribution < 1.29 is 9.53 Å². The first-order valence-electron chi connectivity index (χ1n) is 6.03. The maximum Gasteiger partial charge on any atom is 0.172 e. The molecule has 2 nitrogen and oxygen atoms in total. The Morgan fingerprint density at radius 2 is 2.38 bits per heavy atom. The van der Waals surface area contributed by atoms with Gasteiger partial charge in [0.1, 0.15) is 0 Å². The SMILES string of the molecule is CCOC1CCCc2sc(C(=O)CC)cc21. The van der Waals surface area contributed by atoms with E-state index in [-0.39, 0.29) is 11.9 Å². The van der Waals surface area contributed by atoms with E-state index in [1.807, 2.05) is 13.8 Å². The van der Waals surface area contributed by atoms with Crippen molar-refractivity contribution in [3.8, 4) is 0 Å². The molecule has 1 heterocycles. The maximum atomic E-state index is 11.7. The van der Waals surface area contributed by atoms with E-state index < -0.39 is 0 Å². The fourth-order valence-electron chi connectivity index (χ4n) is 2.20. The molecule has 1 aliphatic rings. The van der Waals surface area contributed by atoms with Crippen molar-refractivity contribution >= 4 is 17.1 Å². The second kappa shape index (κ2) is 5.11. The molecular weight excluding hydrogens is 220 g/mol. The minimum Gasteiger partial charge on any atom is -0.374 e. The van der Waals surface area contributed by atoms with Gasteiger partial charge in [-0.25, -0.2) is 0 Å². The molecule has 0 amide bonds. The molecule has 1 unspecified atom stereocenters. The standard InChI is InChI=1S/C13H18O2S/c1-3-10(14)13-8-9-11(15-4-2)6-5-7-12(9)16-13/h8,11H,3-7H2,1-2H3. The predicted molar refractivity (Wildman–Crippen MR) is 66.2 cm³/mol. The Balaban J connectivity index is 2.27. The molecule has 0 radical (unpaired) electrons. The molecule has 0 spiro atoms. The number of aryl methyl sites for hydroxylation is 1. The van der Waals surface area contributed by atoms with Crippen LogP contribution in [0.2, 0.25) is 0 Å². The Labute approximate surface area is 101 Å².